The number of nitrogens with zero attached hydrogens (tertiary/aromatic N) is 4. The molecule has 0 saturated heterocycles. The van der Waals surface area contributed by atoms with Gasteiger partial charge in [0.05, 0.1) is 0 Å². The van der Waals surface area contributed by atoms with Crippen molar-refractivity contribution in [1.82, 2.24) is 19.7 Å². The molecule has 0 aliphatic rings. The number of primary sulfonamides is 1. The Morgan fingerprint density at radius 2 is 1.73 bits per heavy atom. The van der Waals surface area contributed by atoms with Crippen molar-refractivity contribution >= 4 is 21.6 Å². The summed E-state index contributed by atoms with van der Waals surface area (Å²) in [7, 11) is -3.99. The molecular formula is C14H9ClF3N5O2S. The van der Waals surface area contributed by atoms with Crippen molar-refractivity contribution in [3.05, 3.63) is 53.4 Å². The molecule has 2 heterocycles. The molecule has 2 aromatic heterocycles. The first-order valence-corrected chi connectivity index (χ1v) is 8.77. The van der Waals surface area contributed by atoms with Crippen molar-refractivity contribution in [2.24, 2.45) is 5.14 Å². The van der Waals surface area contributed by atoms with E-state index in [-0.39, 0.29) is 16.5 Å². The van der Waals surface area contributed by atoms with Gasteiger partial charge in [-0.05, 0) is 36.4 Å². The van der Waals surface area contributed by atoms with Crippen molar-refractivity contribution in [3.8, 4) is 17.2 Å². The van der Waals surface area contributed by atoms with Gasteiger partial charge in [-0.15, -0.1) is 5.10 Å². The van der Waals surface area contributed by atoms with Crippen LogP contribution in [0.4, 0.5) is 13.2 Å². The number of halogens is 4. The summed E-state index contributed by atoms with van der Waals surface area (Å²) in [4.78, 5) is 7.07. The monoisotopic (exact) mass is 403 g/mol. The molecule has 1 aromatic carbocycles. The van der Waals surface area contributed by atoms with Crippen LogP contribution in [-0.4, -0.2) is 28.2 Å². The molecule has 136 valence electrons. The van der Waals surface area contributed by atoms with Crippen LogP contribution in [0, 0.1) is 0 Å². The fourth-order valence-corrected chi connectivity index (χ4v) is 2.63. The van der Waals surface area contributed by atoms with E-state index in [1.165, 1.54) is 30.3 Å². The van der Waals surface area contributed by atoms with Gasteiger partial charge in [0.2, 0.25) is 10.0 Å². The lowest BCUT2D eigenvalue weighted by Gasteiger charge is -2.06. The summed E-state index contributed by atoms with van der Waals surface area (Å²) in [5.41, 5.74) is 0.315. The molecule has 0 unspecified atom stereocenters. The van der Waals surface area contributed by atoms with Crippen LogP contribution in [0.15, 0.2) is 47.5 Å². The number of sulfonamides is 1. The number of pyridine rings is 1. The lowest BCUT2D eigenvalue weighted by Crippen LogP contribution is -2.13. The van der Waals surface area contributed by atoms with E-state index in [2.05, 4.69) is 15.1 Å². The van der Waals surface area contributed by atoms with Crippen LogP contribution in [0.5, 0.6) is 0 Å². The molecule has 0 saturated carbocycles. The molecule has 7 nitrogen and oxygen atoms in total. The Labute approximate surface area is 150 Å². The van der Waals surface area contributed by atoms with Crippen LogP contribution in [-0.2, 0) is 16.2 Å². The van der Waals surface area contributed by atoms with Gasteiger partial charge in [-0.25, -0.2) is 23.5 Å². The van der Waals surface area contributed by atoms with Crippen LogP contribution in [0.25, 0.3) is 17.2 Å². The van der Waals surface area contributed by atoms with Gasteiger partial charge in [0.15, 0.2) is 11.6 Å². The van der Waals surface area contributed by atoms with E-state index in [1.54, 1.807) is 0 Å². The smallest absolute Gasteiger partial charge is 0.236 e. The molecule has 0 bridgehead atoms. The third-order valence-electron chi connectivity index (χ3n) is 3.23. The van der Waals surface area contributed by atoms with Crippen molar-refractivity contribution in [2.45, 2.75) is 11.1 Å². The van der Waals surface area contributed by atoms with Crippen molar-refractivity contribution in [2.75, 3.05) is 0 Å². The fraction of sp³-hybridized carbons (Fsp3) is 0.0714. The number of benzene rings is 1. The van der Waals surface area contributed by atoms with Crippen LogP contribution < -0.4 is 5.14 Å². The van der Waals surface area contributed by atoms with E-state index >= 15 is 0 Å². The van der Waals surface area contributed by atoms with Gasteiger partial charge in [0, 0.05) is 16.8 Å². The van der Waals surface area contributed by atoms with Gasteiger partial charge in [-0.3, -0.25) is 0 Å². The molecular weight excluding hydrogens is 395 g/mol. The summed E-state index contributed by atoms with van der Waals surface area (Å²) >= 11 is 5.79. The Hall–Kier alpha value is -2.50. The lowest BCUT2D eigenvalue weighted by molar-refractivity contribution is -0.144. The Morgan fingerprint density at radius 1 is 1.08 bits per heavy atom. The average molecular weight is 404 g/mol. The molecule has 12 heteroatoms. The van der Waals surface area contributed by atoms with E-state index in [0.717, 1.165) is 16.9 Å². The SMILES string of the molecule is NS(=O)(=O)c1ccc(-n2nc(C(F)(F)F)nc2-c2ccc(Cl)cc2)nc1. The number of hydrogen-bond acceptors (Lipinski definition) is 5. The quantitative estimate of drug-likeness (QED) is 0.724. The maximum absolute atomic E-state index is 13.0. The highest BCUT2D eigenvalue weighted by Gasteiger charge is 2.37. The first kappa shape index (κ1) is 18.3. The lowest BCUT2D eigenvalue weighted by atomic mass is 10.2. The zero-order chi connectivity index (χ0) is 19.1. The number of hydrogen-bond donors (Lipinski definition) is 1. The molecule has 2 N–H and O–H groups in total. The second-order valence-corrected chi connectivity index (χ2v) is 7.07. The highest BCUT2D eigenvalue weighted by atomic mass is 35.5. The first-order chi connectivity index (χ1) is 12.1. The number of aromatic nitrogens is 4. The third-order valence-corrected chi connectivity index (χ3v) is 4.38. The summed E-state index contributed by atoms with van der Waals surface area (Å²) < 4.78 is 62.5. The molecule has 0 atom stereocenters. The summed E-state index contributed by atoms with van der Waals surface area (Å²) in [6.45, 7) is 0. The van der Waals surface area contributed by atoms with Crippen LogP contribution in [0.2, 0.25) is 5.02 Å². The maximum Gasteiger partial charge on any atom is 0.453 e. The predicted octanol–water partition coefficient (Wildman–Crippen LogP) is 2.65. The average Bonchev–Trinajstić information content (AvgIpc) is 3.00. The topological polar surface area (TPSA) is 104 Å². The molecule has 0 radical (unpaired) electrons. The van der Waals surface area contributed by atoms with E-state index in [0.29, 0.717) is 10.6 Å². The zero-order valence-electron chi connectivity index (χ0n) is 12.6. The normalized spacial score (nSPS) is 12.3. The van der Waals surface area contributed by atoms with E-state index in [1.807, 2.05) is 0 Å². The van der Waals surface area contributed by atoms with E-state index in [4.69, 9.17) is 16.7 Å². The Bertz CT molecular complexity index is 1050. The fourth-order valence-electron chi connectivity index (χ4n) is 2.04. The van der Waals surface area contributed by atoms with E-state index < -0.39 is 22.0 Å². The first-order valence-electron chi connectivity index (χ1n) is 6.85. The van der Waals surface area contributed by atoms with Crippen LogP contribution >= 0.6 is 11.6 Å². The number of rotatable bonds is 3. The predicted molar refractivity (Wildman–Crippen MR) is 86.0 cm³/mol. The highest BCUT2D eigenvalue weighted by molar-refractivity contribution is 7.89. The Morgan fingerprint density at radius 3 is 2.23 bits per heavy atom. The summed E-state index contributed by atoms with van der Waals surface area (Å²) in [5.74, 6) is -1.56. The summed E-state index contributed by atoms with van der Waals surface area (Å²) in [6.07, 6.45) is -3.85. The molecule has 0 amide bonds. The van der Waals surface area contributed by atoms with Gasteiger partial charge in [0.25, 0.3) is 5.82 Å². The van der Waals surface area contributed by atoms with Gasteiger partial charge >= 0.3 is 6.18 Å². The number of alkyl halides is 3. The van der Waals surface area contributed by atoms with Gasteiger partial charge in [-0.1, -0.05) is 11.6 Å². The molecule has 3 aromatic rings. The second-order valence-electron chi connectivity index (χ2n) is 5.07. The van der Waals surface area contributed by atoms with Gasteiger partial charge < -0.3 is 0 Å². The molecule has 26 heavy (non-hydrogen) atoms. The van der Waals surface area contributed by atoms with Gasteiger partial charge in [0.1, 0.15) is 4.90 Å². The summed E-state index contributed by atoms with van der Waals surface area (Å²) in [5, 5.41) is 8.82. The summed E-state index contributed by atoms with van der Waals surface area (Å²) in [6, 6.07) is 8.21. The minimum atomic E-state index is -4.77. The van der Waals surface area contributed by atoms with E-state index in [9.17, 15) is 21.6 Å². The minimum absolute atomic E-state index is 0.0645. The van der Waals surface area contributed by atoms with Crippen molar-refractivity contribution in [1.29, 1.82) is 0 Å². The Balaban J connectivity index is 2.16. The van der Waals surface area contributed by atoms with Crippen LogP contribution in [0.3, 0.4) is 0 Å². The van der Waals surface area contributed by atoms with Crippen molar-refractivity contribution < 1.29 is 21.6 Å². The number of nitrogens with two attached hydrogens (primary N) is 1. The minimum Gasteiger partial charge on any atom is -0.236 e. The highest BCUT2D eigenvalue weighted by Crippen LogP contribution is 2.30. The van der Waals surface area contributed by atoms with Gasteiger partial charge in [-0.2, -0.15) is 17.9 Å². The molecule has 0 fully saturated rings. The largest absolute Gasteiger partial charge is 0.453 e. The standard InChI is InChI=1S/C14H9ClF3N5O2S/c15-9-3-1-8(2-4-9)12-21-13(14(16,17)18)22-23(12)11-6-5-10(7-20-11)26(19,24)25/h1-7H,(H2,19,24,25). The third kappa shape index (κ3) is 3.69. The zero-order valence-corrected chi connectivity index (χ0v) is 14.2. The van der Waals surface area contributed by atoms with Crippen molar-refractivity contribution in [3.63, 3.8) is 0 Å². The molecule has 0 aliphatic heterocycles. The maximum atomic E-state index is 13.0. The Kier molecular flexibility index (Phi) is 4.46. The second kappa shape index (κ2) is 6.34. The molecule has 3 rings (SSSR count). The molecule has 0 aliphatic carbocycles. The van der Waals surface area contributed by atoms with Crippen LogP contribution in [0.1, 0.15) is 5.82 Å². The molecule has 0 spiro atoms.